The molecule has 70 valence electrons. The van der Waals surface area contributed by atoms with E-state index in [-0.39, 0.29) is 11.6 Å². The lowest BCUT2D eigenvalue weighted by Crippen LogP contribution is -2.17. The van der Waals surface area contributed by atoms with Gasteiger partial charge in [-0.2, -0.15) is 0 Å². The van der Waals surface area contributed by atoms with Crippen LogP contribution in [0.5, 0.6) is 11.6 Å². The molecule has 0 aromatic carbocycles. The first kappa shape index (κ1) is 10.0. The lowest BCUT2D eigenvalue weighted by Gasteiger charge is -2.05. The Morgan fingerprint density at radius 1 is 1.69 bits per heavy atom. The first-order chi connectivity index (χ1) is 6.13. The molecule has 2 N–H and O–H groups in total. The minimum atomic E-state index is -0.887. The van der Waals surface area contributed by atoms with Gasteiger partial charge in [0.05, 0.1) is 7.11 Å². The molecule has 1 amide bonds. The first-order valence-electron chi connectivity index (χ1n) is 3.30. The van der Waals surface area contributed by atoms with Crippen molar-refractivity contribution < 1.29 is 14.3 Å². The van der Waals surface area contributed by atoms with Crippen molar-refractivity contribution >= 4 is 28.7 Å². The number of hydrogen-bond donors (Lipinski definition) is 1. The number of aromatic nitrogens is 1. The quantitative estimate of drug-likeness (QED) is 0.830. The number of rotatable bonds is 2. The zero-order valence-corrected chi connectivity index (χ0v) is 8.94. The van der Waals surface area contributed by atoms with Gasteiger partial charge in [0.1, 0.15) is 0 Å². The minimum absolute atomic E-state index is 0.224. The first-order valence-corrected chi connectivity index (χ1v) is 4.38. The molecule has 0 radical (unpaired) electrons. The van der Waals surface area contributed by atoms with Gasteiger partial charge in [-0.15, -0.1) is 0 Å². The molecular formula is C7H7IN2O3. The molecule has 0 aliphatic heterocycles. The van der Waals surface area contributed by atoms with Crippen LogP contribution in [0.3, 0.4) is 0 Å². The summed E-state index contributed by atoms with van der Waals surface area (Å²) < 4.78 is 10.3. The number of nitrogens with two attached hydrogens (primary N) is 1. The highest BCUT2D eigenvalue weighted by Crippen LogP contribution is 2.25. The summed E-state index contributed by atoms with van der Waals surface area (Å²) >= 11 is 2.04. The van der Waals surface area contributed by atoms with E-state index in [1.54, 1.807) is 12.3 Å². The van der Waals surface area contributed by atoms with Crippen molar-refractivity contribution in [2.45, 2.75) is 0 Å². The van der Waals surface area contributed by atoms with Crippen LogP contribution in [0, 0.1) is 3.57 Å². The van der Waals surface area contributed by atoms with E-state index in [0.29, 0.717) is 0 Å². The fourth-order valence-electron chi connectivity index (χ4n) is 0.743. The molecule has 0 fully saturated rings. The normalized spacial score (nSPS) is 9.38. The van der Waals surface area contributed by atoms with Crippen LogP contribution in [0.15, 0.2) is 12.3 Å². The number of methoxy groups -OCH3 is 1. The van der Waals surface area contributed by atoms with E-state index in [1.807, 2.05) is 22.6 Å². The van der Waals surface area contributed by atoms with E-state index in [9.17, 15) is 4.79 Å². The highest BCUT2D eigenvalue weighted by atomic mass is 127. The molecule has 6 heteroatoms. The van der Waals surface area contributed by atoms with Crippen molar-refractivity contribution in [3.05, 3.63) is 15.8 Å². The van der Waals surface area contributed by atoms with Gasteiger partial charge in [0.25, 0.3) is 5.88 Å². The molecule has 13 heavy (non-hydrogen) atoms. The van der Waals surface area contributed by atoms with E-state index in [4.69, 9.17) is 10.5 Å². The smallest absolute Gasteiger partial charge is 0.410 e. The lowest BCUT2D eigenvalue weighted by atomic mass is 10.4. The summed E-state index contributed by atoms with van der Waals surface area (Å²) in [7, 11) is 1.43. The molecule has 0 bridgehead atoms. The number of pyridine rings is 1. The molecule has 1 aromatic rings. The van der Waals surface area contributed by atoms with Crippen LogP contribution in [-0.4, -0.2) is 18.2 Å². The predicted octanol–water partition coefficient (Wildman–Crippen LogP) is 1.15. The maximum atomic E-state index is 10.5. The van der Waals surface area contributed by atoms with Gasteiger partial charge in [-0.25, -0.2) is 9.78 Å². The SMILES string of the molecule is COc1ncc(I)cc1OC(N)=O. The van der Waals surface area contributed by atoms with Gasteiger partial charge in [0, 0.05) is 15.8 Å². The standard InChI is InChI=1S/C7H7IN2O3/c1-12-6-5(13-7(9)11)2-4(8)3-10-6/h2-3H,1H3,(H2,9,11). The summed E-state index contributed by atoms with van der Waals surface area (Å²) in [5, 5.41) is 0. The number of amides is 1. The fourth-order valence-corrected chi connectivity index (χ4v) is 1.17. The number of carbonyl (C=O) groups excluding carboxylic acids is 1. The Morgan fingerprint density at radius 2 is 2.38 bits per heavy atom. The Balaban J connectivity index is 3.01. The third-order valence-electron chi connectivity index (χ3n) is 1.19. The summed E-state index contributed by atoms with van der Waals surface area (Å²) in [5.41, 5.74) is 4.85. The Labute approximate surface area is 88.4 Å². The van der Waals surface area contributed by atoms with Gasteiger partial charge in [-0.05, 0) is 22.6 Å². The van der Waals surface area contributed by atoms with E-state index >= 15 is 0 Å². The number of primary amides is 1. The van der Waals surface area contributed by atoms with Crippen molar-refractivity contribution in [2.24, 2.45) is 5.73 Å². The largest absolute Gasteiger partial charge is 0.478 e. The summed E-state index contributed by atoms with van der Waals surface area (Å²) in [6.45, 7) is 0. The predicted molar refractivity (Wildman–Crippen MR) is 53.7 cm³/mol. The Kier molecular flexibility index (Phi) is 3.29. The van der Waals surface area contributed by atoms with Gasteiger partial charge >= 0.3 is 6.09 Å². The average Bonchev–Trinajstić information content (AvgIpc) is 2.03. The van der Waals surface area contributed by atoms with Crippen molar-refractivity contribution in [3.8, 4) is 11.6 Å². The second-order valence-corrected chi connectivity index (χ2v) is 3.33. The second-order valence-electron chi connectivity index (χ2n) is 2.08. The molecule has 0 unspecified atom stereocenters. The molecule has 0 saturated heterocycles. The third-order valence-corrected chi connectivity index (χ3v) is 1.78. The summed E-state index contributed by atoms with van der Waals surface area (Å²) in [6.07, 6.45) is 0.704. The Hall–Kier alpha value is -1.05. The number of nitrogens with zero attached hydrogens (tertiary/aromatic N) is 1. The highest BCUT2D eigenvalue weighted by Gasteiger charge is 2.08. The molecule has 0 spiro atoms. The average molecular weight is 294 g/mol. The van der Waals surface area contributed by atoms with Crippen LogP contribution in [0.2, 0.25) is 0 Å². The van der Waals surface area contributed by atoms with E-state index in [0.717, 1.165) is 3.57 Å². The molecule has 1 aromatic heterocycles. The molecule has 0 aliphatic carbocycles. The number of ether oxygens (including phenoxy) is 2. The number of halogens is 1. The third kappa shape index (κ3) is 2.72. The van der Waals surface area contributed by atoms with Crippen molar-refractivity contribution in [1.29, 1.82) is 0 Å². The second kappa shape index (κ2) is 4.26. The van der Waals surface area contributed by atoms with E-state index in [1.165, 1.54) is 7.11 Å². The Bertz CT molecular complexity index is 330. The molecule has 1 heterocycles. The van der Waals surface area contributed by atoms with Gasteiger partial charge in [0.2, 0.25) is 0 Å². The maximum absolute atomic E-state index is 10.5. The van der Waals surface area contributed by atoms with Crippen LogP contribution < -0.4 is 15.2 Å². The van der Waals surface area contributed by atoms with Crippen LogP contribution in [0.25, 0.3) is 0 Å². The number of carbonyl (C=O) groups is 1. The maximum Gasteiger partial charge on any atom is 0.410 e. The Morgan fingerprint density at radius 3 is 2.92 bits per heavy atom. The van der Waals surface area contributed by atoms with Crippen molar-refractivity contribution in [3.63, 3.8) is 0 Å². The van der Waals surface area contributed by atoms with E-state index < -0.39 is 6.09 Å². The molecular weight excluding hydrogens is 287 g/mol. The van der Waals surface area contributed by atoms with Gasteiger partial charge in [-0.3, -0.25) is 0 Å². The summed E-state index contributed by atoms with van der Waals surface area (Å²) in [5.74, 6) is 0.459. The minimum Gasteiger partial charge on any atom is -0.478 e. The van der Waals surface area contributed by atoms with Gasteiger partial charge < -0.3 is 15.2 Å². The van der Waals surface area contributed by atoms with Crippen LogP contribution in [-0.2, 0) is 0 Å². The molecule has 0 aliphatic rings. The van der Waals surface area contributed by atoms with Gasteiger partial charge in [0.15, 0.2) is 5.75 Å². The lowest BCUT2D eigenvalue weighted by molar-refractivity contribution is 0.208. The molecule has 0 saturated carbocycles. The van der Waals surface area contributed by atoms with Crippen LogP contribution in [0.1, 0.15) is 0 Å². The van der Waals surface area contributed by atoms with E-state index in [2.05, 4.69) is 9.72 Å². The summed E-state index contributed by atoms with van der Waals surface area (Å²) in [6, 6.07) is 1.61. The zero-order valence-electron chi connectivity index (χ0n) is 6.78. The fraction of sp³-hybridized carbons (Fsp3) is 0.143. The van der Waals surface area contributed by atoms with Crippen molar-refractivity contribution in [1.82, 2.24) is 4.98 Å². The number of hydrogen-bond acceptors (Lipinski definition) is 4. The molecule has 5 nitrogen and oxygen atoms in total. The molecule has 1 rings (SSSR count). The topological polar surface area (TPSA) is 74.4 Å². The molecule has 0 atom stereocenters. The van der Waals surface area contributed by atoms with Gasteiger partial charge in [-0.1, -0.05) is 0 Å². The summed E-state index contributed by atoms with van der Waals surface area (Å²) in [4.78, 5) is 14.3. The van der Waals surface area contributed by atoms with Crippen LogP contribution in [0.4, 0.5) is 4.79 Å². The van der Waals surface area contributed by atoms with Crippen LogP contribution >= 0.6 is 22.6 Å². The van der Waals surface area contributed by atoms with Crippen molar-refractivity contribution in [2.75, 3.05) is 7.11 Å². The highest BCUT2D eigenvalue weighted by molar-refractivity contribution is 14.1. The zero-order chi connectivity index (χ0) is 9.84. The monoisotopic (exact) mass is 294 g/mol.